The average molecular weight is 276 g/mol. The average Bonchev–Trinajstić information content (AvgIpc) is 2.45. The maximum absolute atomic E-state index is 12.1. The van der Waals surface area contributed by atoms with E-state index in [1.165, 1.54) is 0 Å². The highest BCUT2D eigenvalue weighted by atomic mass is 16.4. The van der Waals surface area contributed by atoms with Crippen LogP contribution < -0.4 is 5.32 Å². The van der Waals surface area contributed by atoms with Crippen molar-refractivity contribution in [3.63, 3.8) is 0 Å². The van der Waals surface area contributed by atoms with Crippen molar-refractivity contribution in [1.29, 1.82) is 0 Å². The van der Waals surface area contributed by atoms with Gasteiger partial charge in [0, 0.05) is 5.69 Å². The van der Waals surface area contributed by atoms with Gasteiger partial charge in [-0.3, -0.25) is 4.79 Å². The van der Waals surface area contributed by atoms with Gasteiger partial charge in [-0.15, -0.1) is 0 Å². The second-order valence-electron chi connectivity index (χ2n) is 5.35. The van der Waals surface area contributed by atoms with Crippen LogP contribution in [0.15, 0.2) is 18.2 Å². The number of aliphatic carboxylic acids is 1. The maximum atomic E-state index is 12.1. The van der Waals surface area contributed by atoms with Crippen molar-refractivity contribution in [1.82, 2.24) is 10.3 Å². The number of carbonyl (C=O) groups excluding carboxylic acids is 1. The van der Waals surface area contributed by atoms with E-state index in [2.05, 4.69) is 10.3 Å². The van der Waals surface area contributed by atoms with Crippen molar-refractivity contribution in [2.24, 2.45) is 5.92 Å². The van der Waals surface area contributed by atoms with E-state index in [-0.39, 0.29) is 11.6 Å². The minimum absolute atomic E-state index is 0.0232. The molecule has 1 fully saturated rings. The second kappa shape index (κ2) is 6.50. The summed E-state index contributed by atoms with van der Waals surface area (Å²) in [6, 6.07) is 4.33. The summed E-state index contributed by atoms with van der Waals surface area (Å²) in [6.45, 7) is 1.80. The zero-order chi connectivity index (χ0) is 14.5. The van der Waals surface area contributed by atoms with Crippen LogP contribution in [0.25, 0.3) is 0 Å². The fraction of sp³-hybridized carbons (Fsp3) is 0.533. The zero-order valence-corrected chi connectivity index (χ0v) is 11.6. The number of nitrogens with zero attached hydrogens (tertiary/aromatic N) is 1. The van der Waals surface area contributed by atoms with Gasteiger partial charge >= 0.3 is 5.97 Å². The molecule has 0 spiro atoms. The molecule has 20 heavy (non-hydrogen) atoms. The molecule has 1 heterocycles. The molecular weight excluding hydrogens is 256 g/mol. The molecule has 0 saturated heterocycles. The van der Waals surface area contributed by atoms with Crippen molar-refractivity contribution >= 4 is 11.9 Å². The molecule has 0 aromatic carbocycles. The van der Waals surface area contributed by atoms with Crippen LogP contribution in [0.4, 0.5) is 0 Å². The Balaban J connectivity index is 2.07. The quantitative estimate of drug-likeness (QED) is 0.883. The number of nitrogens with one attached hydrogen (secondary N) is 1. The third-order valence-corrected chi connectivity index (χ3v) is 3.79. The van der Waals surface area contributed by atoms with Gasteiger partial charge in [0.1, 0.15) is 11.7 Å². The third kappa shape index (κ3) is 3.56. The summed E-state index contributed by atoms with van der Waals surface area (Å²) in [7, 11) is 0. The second-order valence-corrected chi connectivity index (χ2v) is 5.35. The van der Waals surface area contributed by atoms with Crippen LogP contribution in [0.1, 0.15) is 48.3 Å². The Kier molecular flexibility index (Phi) is 4.71. The molecule has 0 radical (unpaired) electrons. The predicted octanol–water partition coefficient (Wildman–Crippen LogP) is 2.15. The summed E-state index contributed by atoms with van der Waals surface area (Å²) in [4.78, 5) is 27.6. The molecule has 2 N–H and O–H groups in total. The number of amides is 1. The van der Waals surface area contributed by atoms with Gasteiger partial charge < -0.3 is 10.4 Å². The summed E-state index contributed by atoms with van der Waals surface area (Å²) in [5, 5.41) is 12.0. The van der Waals surface area contributed by atoms with Crippen LogP contribution in [0.2, 0.25) is 0 Å². The van der Waals surface area contributed by atoms with E-state index < -0.39 is 17.9 Å². The van der Waals surface area contributed by atoms with E-state index in [1.54, 1.807) is 25.1 Å². The topological polar surface area (TPSA) is 79.3 Å². The lowest BCUT2D eigenvalue weighted by molar-refractivity contribution is -0.141. The Bertz CT molecular complexity index is 496. The van der Waals surface area contributed by atoms with Crippen LogP contribution in [0, 0.1) is 12.8 Å². The first-order valence-electron chi connectivity index (χ1n) is 7.05. The van der Waals surface area contributed by atoms with Crippen molar-refractivity contribution in [3.05, 3.63) is 29.6 Å². The number of carboxylic acids is 1. The largest absolute Gasteiger partial charge is 0.480 e. The van der Waals surface area contributed by atoms with Crippen molar-refractivity contribution in [2.75, 3.05) is 0 Å². The molecule has 1 unspecified atom stereocenters. The molecule has 1 aromatic rings. The lowest BCUT2D eigenvalue weighted by atomic mass is 9.84. The molecule has 1 aliphatic carbocycles. The molecule has 1 aromatic heterocycles. The van der Waals surface area contributed by atoms with Crippen molar-refractivity contribution < 1.29 is 14.7 Å². The molecule has 108 valence electrons. The fourth-order valence-electron chi connectivity index (χ4n) is 2.73. The van der Waals surface area contributed by atoms with Gasteiger partial charge in [-0.1, -0.05) is 25.3 Å². The molecular formula is C15H20N2O3. The molecule has 0 bridgehead atoms. The summed E-state index contributed by atoms with van der Waals surface area (Å²) in [5.41, 5.74) is 1.01. The molecule has 5 heteroatoms. The van der Waals surface area contributed by atoms with Gasteiger partial charge in [0.15, 0.2) is 0 Å². The number of rotatable bonds is 4. The van der Waals surface area contributed by atoms with E-state index in [0.717, 1.165) is 37.8 Å². The Labute approximate surface area is 118 Å². The Hall–Kier alpha value is -1.91. The lowest BCUT2D eigenvalue weighted by Gasteiger charge is -2.27. The standard InChI is InChI=1S/C15H20N2O3/c1-10-6-5-9-12(16-10)14(18)17-13(15(19)20)11-7-3-2-4-8-11/h5-6,9,11,13H,2-4,7-8H2,1H3,(H,17,18)(H,19,20). The summed E-state index contributed by atoms with van der Waals surface area (Å²) in [6.07, 6.45) is 4.94. The number of hydrogen-bond donors (Lipinski definition) is 2. The van der Waals surface area contributed by atoms with Crippen LogP contribution in [-0.2, 0) is 4.79 Å². The van der Waals surface area contributed by atoms with Crippen LogP contribution in [-0.4, -0.2) is 28.0 Å². The maximum Gasteiger partial charge on any atom is 0.326 e. The molecule has 1 aliphatic rings. The number of carboxylic acid groups (broad SMARTS) is 1. The van der Waals surface area contributed by atoms with Crippen molar-refractivity contribution in [2.45, 2.75) is 45.1 Å². The smallest absolute Gasteiger partial charge is 0.326 e. The van der Waals surface area contributed by atoms with E-state index in [0.29, 0.717) is 0 Å². The minimum atomic E-state index is -0.960. The van der Waals surface area contributed by atoms with Gasteiger partial charge in [-0.05, 0) is 37.8 Å². The van der Waals surface area contributed by atoms with Crippen LogP contribution in [0.3, 0.4) is 0 Å². The van der Waals surface area contributed by atoms with E-state index in [1.807, 2.05) is 0 Å². The number of carbonyl (C=O) groups is 2. The molecule has 0 aliphatic heterocycles. The van der Waals surface area contributed by atoms with E-state index in [4.69, 9.17) is 0 Å². The molecule has 1 atom stereocenters. The first kappa shape index (κ1) is 14.5. The normalized spacial score (nSPS) is 17.4. The minimum Gasteiger partial charge on any atom is -0.480 e. The van der Waals surface area contributed by atoms with Gasteiger partial charge in [0.25, 0.3) is 5.91 Å². The summed E-state index contributed by atoms with van der Waals surface area (Å²) < 4.78 is 0. The summed E-state index contributed by atoms with van der Waals surface area (Å²) >= 11 is 0. The number of pyridine rings is 1. The van der Waals surface area contributed by atoms with Gasteiger partial charge in [0.2, 0.25) is 0 Å². The van der Waals surface area contributed by atoms with Crippen molar-refractivity contribution in [3.8, 4) is 0 Å². The van der Waals surface area contributed by atoms with Gasteiger partial charge in [-0.2, -0.15) is 0 Å². The third-order valence-electron chi connectivity index (χ3n) is 3.79. The number of aryl methyl sites for hydroxylation is 1. The van der Waals surface area contributed by atoms with E-state index in [9.17, 15) is 14.7 Å². The zero-order valence-electron chi connectivity index (χ0n) is 11.6. The Morgan fingerprint density at radius 2 is 2.00 bits per heavy atom. The molecule has 1 amide bonds. The first-order chi connectivity index (χ1) is 9.58. The van der Waals surface area contributed by atoms with Gasteiger partial charge in [-0.25, -0.2) is 9.78 Å². The highest BCUT2D eigenvalue weighted by Gasteiger charge is 2.31. The highest BCUT2D eigenvalue weighted by molar-refractivity contribution is 5.95. The first-order valence-corrected chi connectivity index (χ1v) is 7.05. The Morgan fingerprint density at radius 3 is 2.60 bits per heavy atom. The molecule has 1 saturated carbocycles. The SMILES string of the molecule is Cc1cccc(C(=O)NC(C(=O)O)C2CCCCC2)n1. The van der Waals surface area contributed by atoms with Gasteiger partial charge in [0.05, 0.1) is 0 Å². The Morgan fingerprint density at radius 1 is 1.30 bits per heavy atom. The monoisotopic (exact) mass is 276 g/mol. The fourth-order valence-corrected chi connectivity index (χ4v) is 2.73. The van der Waals surface area contributed by atoms with Crippen LogP contribution in [0.5, 0.6) is 0 Å². The molecule has 5 nitrogen and oxygen atoms in total. The number of hydrogen-bond acceptors (Lipinski definition) is 3. The lowest BCUT2D eigenvalue weighted by Crippen LogP contribution is -2.46. The van der Waals surface area contributed by atoms with E-state index >= 15 is 0 Å². The molecule has 2 rings (SSSR count). The number of aromatic nitrogens is 1. The van der Waals surface area contributed by atoms with Crippen LogP contribution >= 0.6 is 0 Å². The predicted molar refractivity (Wildman–Crippen MR) is 74.4 cm³/mol. The highest BCUT2D eigenvalue weighted by Crippen LogP contribution is 2.26. The summed E-state index contributed by atoms with van der Waals surface area (Å²) in [5.74, 6) is -1.35.